The Hall–Kier alpha value is -7.41. The second-order valence-electron chi connectivity index (χ2n) is 14.4. The largest absolute Gasteiger partial charge is 0.309 e. The average Bonchev–Trinajstić information content (AvgIpc) is 3.95. The van der Waals surface area contributed by atoms with E-state index < -0.39 is 0 Å². The quantitative estimate of drug-likeness (QED) is 0.176. The van der Waals surface area contributed by atoms with E-state index in [1.54, 1.807) is 0 Å². The Morgan fingerprint density at radius 1 is 0.368 bits per heavy atom. The van der Waals surface area contributed by atoms with E-state index in [1.165, 1.54) is 47.5 Å². The first-order valence-electron chi connectivity index (χ1n) is 19.1. The number of hydrogen-bond acceptors (Lipinski definition) is 4. The summed E-state index contributed by atoms with van der Waals surface area (Å²) in [5.74, 6) is 1.85. The Labute approximate surface area is 331 Å². The minimum atomic E-state index is 0.583. The van der Waals surface area contributed by atoms with E-state index in [2.05, 4.69) is 161 Å². The van der Waals surface area contributed by atoms with Crippen molar-refractivity contribution in [2.45, 2.75) is 0 Å². The van der Waals surface area contributed by atoms with Crippen LogP contribution in [0.3, 0.4) is 0 Å². The van der Waals surface area contributed by atoms with Crippen LogP contribution in [0.2, 0.25) is 0 Å². The number of para-hydroxylation sites is 2. The minimum Gasteiger partial charge on any atom is -0.309 e. The Balaban J connectivity index is 1.11. The standard InChI is InChI=1S/C51H31N5S/c1-3-15-32(16-4-1)49-52-50(33-17-5-2-6-18-33)54-51(53-49)56-42-27-11-8-23-40(42)47-44(56)30-29-43-46(47)39-22-7-10-26-41(39)55(43)35-20-13-19-34(31-35)36-24-14-25-38-37-21-9-12-28-45(37)57-48(36)38/h1-31H. The van der Waals surface area contributed by atoms with E-state index >= 15 is 0 Å². The molecule has 4 heterocycles. The molecule has 0 amide bonds. The van der Waals surface area contributed by atoms with Crippen molar-refractivity contribution in [2.24, 2.45) is 0 Å². The van der Waals surface area contributed by atoms with Crippen molar-refractivity contribution in [1.82, 2.24) is 24.1 Å². The lowest BCUT2D eigenvalue weighted by Gasteiger charge is -2.12. The lowest BCUT2D eigenvalue weighted by Crippen LogP contribution is -2.06. The molecule has 0 spiro atoms. The number of thiophene rings is 1. The first kappa shape index (κ1) is 31.9. The van der Waals surface area contributed by atoms with Gasteiger partial charge in [-0.15, -0.1) is 11.3 Å². The van der Waals surface area contributed by atoms with E-state index in [9.17, 15) is 0 Å². The highest BCUT2D eigenvalue weighted by Gasteiger charge is 2.23. The number of hydrogen-bond donors (Lipinski definition) is 0. The zero-order valence-corrected chi connectivity index (χ0v) is 31.4. The molecule has 12 rings (SSSR count). The van der Waals surface area contributed by atoms with Crippen LogP contribution in [0.5, 0.6) is 0 Å². The zero-order chi connectivity index (χ0) is 37.5. The van der Waals surface area contributed by atoms with Gasteiger partial charge in [0.25, 0.3) is 0 Å². The highest BCUT2D eigenvalue weighted by molar-refractivity contribution is 7.26. The van der Waals surface area contributed by atoms with E-state index in [4.69, 9.17) is 15.0 Å². The van der Waals surface area contributed by atoms with Crippen molar-refractivity contribution < 1.29 is 0 Å². The Bertz CT molecular complexity index is 3470. The molecule has 0 unspecified atom stereocenters. The maximum absolute atomic E-state index is 5.18. The molecule has 6 heteroatoms. The van der Waals surface area contributed by atoms with Crippen LogP contribution in [0.1, 0.15) is 0 Å². The molecular weight excluding hydrogens is 715 g/mol. The van der Waals surface area contributed by atoms with E-state index in [0.717, 1.165) is 44.3 Å². The van der Waals surface area contributed by atoms with Crippen molar-refractivity contribution in [3.63, 3.8) is 0 Å². The van der Waals surface area contributed by atoms with E-state index in [0.29, 0.717) is 17.6 Å². The normalized spacial score (nSPS) is 11.9. The van der Waals surface area contributed by atoms with E-state index in [-0.39, 0.29) is 0 Å². The lowest BCUT2D eigenvalue weighted by atomic mass is 10.0. The lowest BCUT2D eigenvalue weighted by molar-refractivity contribution is 0.953. The van der Waals surface area contributed by atoms with Crippen LogP contribution in [0, 0.1) is 0 Å². The van der Waals surface area contributed by atoms with Crippen molar-refractivity contribution in [3.8, 4) is 45.5 Å². The van der Waals surface area contributed by atoms with Crippen LogP contribution in [-0.2, 0) is 0 Å². The Kier molecular flexibility index (Phi) is 7.03. The molecule has 0 N–H and O–H groups in total. The predicted octanol–water partition coefficient (Wildman–Crippen LogP) is 13.4. The highest BCUT2D eigenvalue weighted by atomic mass is 32.1. The SMILES string of the molecule is c1ccc(-c2nc(-c3ccccc3)nc(-n3c4ccccc4c4c5c6ccccc6n(-c6cccc(-c7cccc8c7sc7ccccc78)c6)c5ccc43)n2)cc1. The fourth-order valence-corrected chi connectivity index (χ4v) is 9.93. The second kappa shape index (κ2) is 12.6. The highest BCUT2D eigenvalue weighted by Crippen LogP contribution is 2.44. The van der Waals surface area contributed by atoms with Crippen LogP contribution >= 0.6 is 11.3 Å². The summed E-state index contributed by atoms with van der Waals surface area (Å²) in [4.78, 5) is 15.3. The summed E-state index contributed by atoms with van der Waals surface area (Å²) in [6.07, 6.45) is 0. The molecule has 0 aliphatic rings. The Morgan fingerprint density at radius 3 is 1.58 bits per heavy atom. The van der Waals surface area contributed by atoms with Gasteiger partial charge in [-0.2, -0.15) is 9.97 Å². The molecule has 5 nitrogen and oxygen atoms in total. The third kappa shape index (κ3) is 4.91. The summed E-state index contributed by atoms with van der Waals surface area (Å²) in [6, 6.07) is 66.7. The molecule has 0 saturated heterocycles. The summed E-state index contributed by atoms with van der Waals surface area (Å²) in [6.45, 7) is 0. The third-order valence-corrected chi connectivity index (χ3v) is 12.4. The summed E-state index contributed by atoms with van der Waals surface area (Å²) in [5, 5.41) is 7.34. The first-order chi connectivity index (χ1) is 28.3. The van der Waals surface area contributed by atoms with Crippen molar-refractivity contribution >= 4 is 75.1 Å². The van der Waals surface area contributed by atoms with Crippen LogP contribution in [0.4, 0.5) is 0 Å². The smallest absolute Gasteiger partial charge is 0.238 e. The number of rotatable bonds is 5. The number of benzene rings is 8. The summed E-state index contributed by atoms with van der Waals surface area (Å²) in [7, 11) is 0. The van der Waals surface area contributed by atoms with Gasteiger partial charge in [0.2, 0.25) is 5.95 Å². The van der Waals surface area contributed by atoms with Crippen molar-refractivity contribution in [2.75, 3.05) is 0 Å². The fourth-order valence-electron chi connectivity index (χ4n) is 8.70. The molecule has 4 aromatic heterocycles. The molecule has 12 aromatic rings. The minimum absolute atomic E-state index is 0.583. The van der Waals surface area contributed by atoms with Gasteiger partial charge >= 0.3 is 0 Å². The van der Waals surface area contributed by atoms with Crippen LogP contribution in [-0.4, -0.2) is 24.1 Å². The molecule has 0 atom stereocenters. The van der Waals surface area contributed by atoms with Gasteiger partial charge in [-0.05, 0) is 53.6 Å². The number of fused-ring (bicyclic) bond motifs is 10. The molecular formula is C51H31N5S. The van der Waals surface area contributed by atoms with Crippen molar-refractivity contribution in [3.05, 3.63) is 188 Å². The first-order valence-corrected chi connectivity index (χ1v) is 19.9. The van der Waals surface area contributed by atoms with Gasteiger partial charge in [-0.3, -0.25) is 4.57 Å². The number of nitrogens with zero attached hydrogens (tertiary/aromatic N) is 5. The van der Waals surface area contributed by atoms with E-state index in [1.807, 2.05) is 47.7 Å². The van der Waals surface area contributed by atoms with Crippen molar-refractivity contribution in [1.29, 1.82) is 0 Å². The monoisotopic (exact) mass is 745 g/mol. The van der Waals surface area contributed by atoms with Gasteiger partial charge in [0, 0.05) is 58.5 Å². The maximum Gasteiger partial charge on any atom is 0.238 e. The van der Waals surface area contributed by atoms with Crippen LogP contribution < -0.4 is 0 Å². The molecule has 0 aliphatic carbocycles. The summed E-state index contributed by atoms with van der Waals surface area (Å²) >= 11 is 1.87. The van der Waals surface area contributed by atoms with Gasteiger partial charge in [0.1, 0.15) is 0 Å². The number of aromatic nitrogens is 5. The van der Waals surface area contributed by atoms with Gasteiger partial charge in [-0.1, -0.05) is 146 Å². The predicted molar refractivity (Wildman–Crippen MR) is 238 cm³/mol. The second-order valence-corrected chi connectivity index (χ2v) is 15.5. The zero-order valence-electron chi connectivity index (χ0n) is 30.5. The summed E-state index contributed by atoms with van der Waals surface area (Å²) in [5.41, 5.74) is 9.85. The summed E-state index contributed by atoms with van der Waals surface area (Å²) < 4.78 is 7.26. The molecule has 0 radical (unpaired) electrons. The van der Waals surface area contributed by atoms with Crippen LogP contribution in [0.15, 0.2) is 188 Å². The van der Waals surface area contributed by atoms with Gasteiger partial charge in [-0.25, -0.2) is 4.98 Å². The molecule has 0 bridgehead atoms. The molecule has 8 aromatic carbocycles. The molecule has 0 fully saturated rings. The van der Waals surface area contributed by atoms with Gasteiger partial charge in [0.15, 0.2) is 11.6 Å². The van der Waals surface area contributed by atoms with Gasteiger partial charge < -0.3 is 4.57 Å². The molecule has 266 valence electrons. The molecule has 57 heavy (non-hydrogen) atoms. The molecule has 0 aliphatic heterocycles. The Morgan fingerprint density at radius 2 is 0.895 bits per heavy atom. The fraction of sp³-hybridized carbons (Fsp3) is 0. The third-order valence-electron chi connectivity index (χ3n) is 11.2. The molecule has 0 saturated carbocycles. The van der Waals surface area contributed by atoms with Crippen LogP contribution in [0.25, 0.3) is 109 Å². The topological polar surface area (TPSA) is 48.5 Å². The maximum atomic E-state index is 5.18. The van der Waals surface area contributed by atoms with Gasteiger partial charge in [0.05, 0.1) is 22.1 Å². The average molecular weight is 746 g/mol.